The highest BCUT2D eigenvalue weighted by Crippen LogP contribution is 2.29. The minimum atomic E-state index is -0.108. The van der Waals surface area contributed by atoms with Crippen LogP contribution < -0.4 is 5.32 Å². The normalized spacial score (nSPS) is 18.4. The van der Waals surface area contributed by atoms with Crippen molar-refractivity contribution in [2.24, 2.45) is 5.92 Å². The van der Waals surface area contributed by atoms with Gasteiger partial charge in [0.25, 0.3) is 0 Å². The molecule has 0 unspecified atom stereocenters. The maximum atomic E-state index is 11.2. The third kappa shape index (κ3) is 5.20. The van der Waals surface area contributed by atoms with Crippen LogP contribution in [0.25, 0.3) is 0 Å². The molecule has 0 aromatic heterocycles. The second-order valence-corrected chi connectivity index (χ2v) is 5.88. The summed E-state index contributed by atoms with van der Waals surface area (Å²) in [6, 6.07) is 0. The molecule has 1 saturated carbocycles. The Hall–Kier alpha value is -0.240. The van der Waals surface area contributed by atoms with Crippen LogP contribution in [0.3, 0.4) is 0 Å². The lowest BCUT2D eigenvalue weighted by atomic mass is 9.83. The molecule has 0 radical (unpaired) electrons. The summed E-state index contributed by atoms with van der Waals surface area (Å²) in [5.74, 6) is 0.878. The SMILES string of the molecule is CC(C)(CCC1CCCCC1)NC(=O)CCl. The fraction of sp³-hybridized carbons (Fsp3) is 0.923. The van der Waals surface area contributed by atoms with E-state index in [4.69, 9.17) is 11.6 Å². The number of carbonyl (C=O) groups is 1. The molecule has 0 aromatic rings. The summed E-state index contributed by atoms with van der Waals surface area (Å²) in [5.41, 5.74) is -0.108. The summed E-state index contributed by atoms with van der Waals surface area (Å²) < 4.78 is 0. The van der Waals surface area contributed by atoms with Gasteiger partial charge in [0.15, 0.2) is 0 Å². The second-order valence-electron chi connectivity index (χ2n) is 5.61. The summed E-state index contributed by atoms with van der Waals surface area (Å²) in [6.45, 7) is 4.17. The molecule has 2 nitrogen and oxygen atoms in total. The zero-order valence-electron chi connectivity index (χ0n) is 10.5. The highest BCUT2D eigenvalue weighted by molar-refractivity contribution is 6.27. The van der Waals surface area contributed by atoms with Crippen molar-refractivity contribution >= 4 is 17.5 Å². The van der Waals surface area contributed by atoms with E-state index in [9.17, 15) is 4.79 Å². The Labute approximate surface area is 104 Å². The van der Waals surface area contributed by atoms with Crippen LogP contribution in [0.1, 0.15) is 58.8 Å². The van der Waals surface area contributed by atoms with Gasteiger partial charge in [-0.3, -0.25) is 4.79 Å². The van der Waals surface area contributed by atoms with E-state index in [1.54, 1.807) is 0 Å². The van der Waals surface area contributed by atoms with Gasteiger partial charge in [-0.05, 0) is 32.6 Å². The molecule has 1 aliphatic rings. The molecule has 1 N–H and O–H groups in total. The standard InChI is InChI=1S/C13H24ClNO/c1-13(2,15-12(16)10-14)9-8-11-6-4-3-5-7-11/h11H,3-10H2,1-2H3,(H,15,16). The highest BCUT2D eigenvalue weighted by atomic mass is 35.5. The van der Waals surface area contributed by atoms with Crippen LogP contribution in [0.2, 0.25) is 0 Å². The molecule has 0 spiro atoms. The van der Waals surface area contributed by atoms with Crippen molar-refractivity contribution in [2.75, 3.05) is 5.88 Å². The Balaban J connectivity index is 2.25. The van der Waals surface area contributed by atoms with Gasteiger partial charge in [0, 0.05) is 5.54 Å². The van der Waals surface area contributed by atoms with Crippen molar-refractivity contribution < 1.29 is 4.79 Å². The van der Waals surface area contributed by atoms with Gasteiger partial charge < -0.3 is 5.32 Å². The summed E-state index contributed by atoms with van der Waals surface area (Å²) in [6.07, 6.45) is 9.22. The predicted molar refractivity (Wildman–Crippen MR) is 68.8 cm³/mol. The van der Waals surface area contributed by atoms with Crippen molar-refractivity contribution in [1.82, 2.24) is 5.32 Å². The maximum absolute atomic E-state index is 11.2. The van der Waals surface area contributed by atoms with E-state index in [0.717, 1.165) is 12.3 Å². The molecule has 3 heteroatoms. The van der Waals surface area contributed by atoms with E-state index < -0.39 is 0 Å². The molecule has 0 bridgehead atoms. The van der Waals surface area contributed by atoms with Crippen molar-refractivity contribution in [1.29, 1.82) is 0 Å². The Bertz CT molecular complexity index is 222. The fourth-order valence-electron chi connectivity index (χ4n) is 2.51. The molecule has 1 amide bonds. The van der Waals surface area contributed by atoms with Crippen LogP contribution in [-0.4, -0.2) is 17.3 Å². The van der Waals surface area contributed by atoms with E-state index >= 15 is 0 Å². The van der Waals surface area contributed by atoms with Gasteiger partial charge in [0.05, 0.1) is 0 Å². The molecular weight excluding hydrogens is 222 g/mol. The first kappa shape index (κ1) is 13.8. The molecule has 0 saturated heterocycles. The van der Waals surface area contributed by atoms with Gasteiger partial charge in [-0.25, -0.2) is 0 Å². The Morgan fingerprint density at radius 2 is 1.94 bits per heavy atom. The predicted octanol–water partition coefficient (Wildman–Crippen LogP) is 3.48. The van der Waals surface area contributed by atoms with Gasteiger partial charge >= 0.3 is 0 Å². The summed E-state index contributed by atoms with van der Waals surface area (Å²) in [4.78, 5) is 11.2. The largest absolute Gasteiger partial charge is 0.350 e. The van der Waals surface area contributed by atoms with Gasteiger partial charge in [0.2, 0.25) is 5.91 Å². The van der Waals surface area contributed by atoms with Crippen molar-refractivity contribution in [3.05, 3.63) is 0 Å². The van der Waals surface area contributed by atoms with E-state index in [-0.39, 0.29) is 17.3 Å². The first-order valence-electron chi connectivity index (χ1n) is 6.40. The summed E-state index contributed by atoms with van der Waals surface area (Å²) in [5, 5.41) is 2.97. The molecule has 0 aromatic carbocycles. The average Bonchev–Trinajstić information content (AvgIpc) is 2.27. The first-order valence-corrected chi connectivity index (χ1v) is 6.94. The molecule has 0 heterocycles. The van der Waals surface area contributed by atoms with E-state index in [1.165, 1.54) is 38.5 Å². The van der Waals surface area contributed by atoms with Gasteiger partial charge in [-0.1, -0.05) is 32.1 Å². The van der Waals surface area contributed by atoms with E-state index in [0.29, 0.717) is 0 Å². The van der Waals surface area contributed by atoms with Crippen LogP contribution in [0.5, 0.6) is 0 Å². The van der Waals surface area contributed by atoms with Crippen LogP contribution in [0.15, 0.2) is 0 Å². The quantitative estimate of drug-likeness (QED) is 0.739. The average molecular weight is 246 g/mol. The lowest BCUT2D eigenvalue weighted by Crippen LogP contribution is -2.44. The van der Waals surface area contributed by atoms with E-state index in [2.05, 4.69) is 19.2 Å². The summed E-state index contributed by atoms with van der Waals surface area (Å²) >= 11 is 5.49. The molecular formula is C13H24ClNO. The Morgan fingerprint density at radius 3 is 2.50 bits per heavy atom. The number of hydrogen-bond acceptors (Lipinski definition) is 1. The molecule has 0 atom stereocenters. The number of carbonyl (C=O) groups excluding carboxylic acids is 1. The van der Waals surface area contributed by atoms with Crippen molar-refractivity contribution in [2.45, 2.75) is 64.3 Å². The topological polar surface area (TPSA) is 29.1 Å². The Morgan fingerprint density at radius 1 is 1.31 bits per heavy atom. The number of halogens is 1. The number of rotatable bonds is 5. The second kappa shape index (κ2) is 6.48. The van der Waals surface area contributed by atoms with Crippen molar-refractivity contribution in [3.8, 4) is 0 Å². The number of hydrogen-bond donors (Lipinski definition) is 1. The van der Waals surface area contributed by atoms with Crippen LogP contribution >= 0.6 is 11.6 Å². The zero-order valence-corrected chi connectivity index (χ0v) is 11.3. The van der Waals surface area contributed by atoms with Crippen LogP contribution in [0, 0.1) is 5.92 Å². The van der Waals surface area contributed by atoms with Crippen LogP contribution in [0.4, 0.5) is 0 Å². The molecule has 1 aliphatic carbocycles. The molecule has 0 aliphatic heterocycles. The van der Waals surface area contributed by atoms with Crippen LogP contribution in [-0.2, 0) is 4.79 Å². The smallest absolute Gasteiger partial charge is 0.235 e. The molecule has 1 fully saturated rings. The number of amides is 1. The summed E-state index contributed by atoms with van der Waals surface area (Å²) in [7, 11) is 0. The third-order valence-electron chi connectivity index (χ3n) is 3.50. The van der Waals surface area contributed by atoms with E-state index in [1.807, 2.05) is 0 Å². The molecule has 1 rings (SSSR count). The fourth-order valence-corrected chi connectivity index (χ4v) is 2.58. The number of nitrogens with one attached hydrogen (secondary N) is 1. The molecule has 94 valence electrons. The van der Waals surface area contributed by atoms with Gasteiger partial charge in [-0.2, -0.15) is 0 Å². The minimum absolute atomic E-state index is 0.0599. The minimum Gasteiger partial charge on any atom is -0.350 e. The zero-order chi connectivity index (χ0) is 12.0. The third-order valence-corrected chi connectivity index (χ3v) is 3.74. The Kier molecular flexibility index (Phi) is 5.60. The molecule has 16 heavy (non-hydrogen) atoms. The lowest BCUT2D eigenvalue weighted by molar-refractivity contribution is -0.120. The van der Waals surface area contributed by atoms with Gasteiger partial charge in [-0.15, -0.1) is 11.6 Å². The lowest BCUT2D eigenvalue weighted by Gasteiger charge is -2.29. The highest BCUT2D eigenvalue weighted by Gasteiger charge is 2.22. The maximum Gasteiger partial charge on any atom is 0.235 e. The number of alkyl halides is 1. The van der Waals surface area contributed by atoms with Gasteiger partial charge in [0.1, 0.15) is 5.88 Å². The van der Waals surface area contributed by atoms with Crippen molar-refractivity contribution in [3.63, 3.8) is 0 Å². The first-order chi connectivity index (χ1) is 7.53. The monoisotopic (exact) mass is 245 g/mol.